The van der Waals surface area contributed by atoms with Crippen molar-refractivity contribution in [2.24, 2.45) is 0 Å². The van der Waals surface area contributed by atoms with Gasteiger partial charge in [-0.15, -0.1) is 0 Å². The van der Waals surface area contributed by atoms with Crippen LogP contribution in [0.15, 0.2) is 170 Å². The van der Waals surface area contributed by atoms with E-state index in [9.17, 15) is 0 Å². The van der Waals surface area contributed by atoms with Gasteiger partial charge in [-0.2, -0.15) is 0 Å². The average molecular weight is 603 g/mol. The molecular formula is C45H34N2. The predicted octanol–water partition coefficient (Wildman–Crippen LogP) is 12.7. The molecule has 0 fully saturated rings. The zero-order valence-electron chi connectivity index (χ0n) is 26.3. The van der Waals surface area contributed by atoms with Gasteiger partial charge in [0.05, 0.1) is 16.7 Å². The van der Waals surface area contributed by atoms with Crippen LogP contribution in [-0.4, -0.2) is 4.57 Å². The maximum Gasteiger partial charge on any atom is 0.0541 e. The lowest BCUT2D eigenvalue weighted by atomic mass is 10.0. The summed E-state index contributed by atoms with van der Waals surface area (Å²) >= 11 is 0. The van der Waals surface area contributed by atoms with Crippen LogP contribution in [0.1, 0.15) is 18.1 Å². The fourth-order valence-corrected chi connectivity index (χ4v) is 6.85. The van der Waals surface area contributed by atoms with E-state index in [4.69, 9.17) is 0 Å². The number of anilines is 3. The molecule has 0 aliphatic rings. The molecule has 0 unspecified atom stereocenters. The Hall–Kier alpha value is -6.12. The van der Waals surface area contributed by atoms with Crippen molar-refractivity contribution >= 4 is 61.8 Å². The summed E-state index contributed by atoms with van der Waals surface area (Å²) in [7, 11) is 0. The molecule has 0 amide bonds. The van der Waals surface area contributed by atoms with Gasteiger partial charge in [0.15, 0.2) is 0 Å². The Bertz CT molecular complexity index is 2370. The molecule has 1 aromatic heterocycles. The van der Waals surface area contributed by atoms with E-state index in [2.05, 4.69) is 186 Å². The monoisotopic (exact) mass is 602 g/mol. The van der Waals surface area contributed by atoms with Crippen LogP contribution < -0.4 is 4.90 Å². The second kappa shape index (κ2) is 12.0. The average Bonchev–Trinajstić information content (AvgIpc) is 3.47. The fraction of sp³-hybridized carbons (Fsp3) is 0.0222. The second-order valence-corrected chi connectivity index (χ2v) is 11.8. The zero-order chi connectivity index (χ0) is 31.7. The van der Waals surface area contributed by atoms with E-state index >= 15 is 0 Å². The number of aromatic nitrogens is 1. The molecule has 2 nitrogen and oxygen atoms in total. The molecule has 7 aromatic carbocycles. The molecule has 1 heterocycles. The van der Waals surface area contributed by atoms with Gasteiger partial charge < -0.3 is 9.47 Å². The third-order valence-electron chi connectivity index (χ3n) is 9.07. The summed E-state index contributed by atoms with van der Waals surface area (Å²) in [4.78, 5) is 2.35. The van der Waals surface area contributed by atoms with Crippen LogP contribution in [0.5, 0.6) is 0 Å². The normalized spacial score (nSPS) is 11.5. The summed E-state index contributed by atoms with van der Waals surface area (Å²) in [6, 6.07) is 56.8. The first-order valence-electron chi connectivity index (χ1n) is 16.1. The number of allylic oxidation sites excluding steroid dienone is 1. The van der Waals surface area contributed by atoms with Crippen LogP contribution in [0.3, 0.4) is 0 Å². The largest absolute Gasteiger partial charge is 0.310 e. The highest BCUT2D eigenvalue weighted by molar-refractivity contribution is 6.09. The van der Waals surface area contributed by atoms with E-state index in [0.29, 0.717) is 0 Å². The standard InChI is InChI=1S/C45H34N2/c1-3-12-33-25-30-39(31-32(33)4-2)46(43-20-11-14-36-13-5-6-15-40(36)43)37-26-21-34(22-27-37)35-23-28-38(29-24-35)47-44-18-9-7-16-41(44)42-17-8-10-19-45(42)47/h3-31H,2H2,1H3/b12-3-. The number of para-hydroxylation sites is 2. The number of hydrogen-bond acceptors (Lipinski definition) is 1. The van der Waals surface area contributed by atoms with E-state index in [-0.39, 0.29) is 0 Å². The van der Waals surface area contributed by atoms with Crippen molar-refractivity contribution in [3.63, 3.8) is 0 Å². The van der Waals surface area contributed by atoms with Gasteiger partial charge in [0.25, 0.3) is 0 Å². The van der Waals surface area contributed by atoms with Gasteiger partial charge in [0.2, 0.25) is 0 Å². The molecule has 0 aliphatic carbocycles. The Balaban J connectivity index is 1.19. The molecule has 0 radical (unpaired) electrons. The molecule has 0 atom stereocenters. The molecule has 8 rings (SSSR count). The summed E-state index contributed by atoms with van der Waals surface area (Å²) < 4.78 is 2.36. The quantitative estimate of drug-likeness (QED) is 0.176. The van der Waals surface area contributed by atoms with Crippen molar-refractivity contribution in [1.29, 1.82) is 0 Å². The number of hydrogen-bond donors (Lipinski definition) is 0. The lowest BCUT2D eigenvalue weighted by Crippen LogP contribution is -2.11. The van der Waals surface area contributed by atoms with Gasteiger partial charge in [-0.05, 0) is 89.2 Å². The molecule has 224 valence electrons. The first kappa shape index (κ1) is 28.4. The van der Waals surface area contributed by atoms with Crippen molar-refractivity contribution in [2.45, 2.75) is 6.92 Å². The minimum atomic E-state index is 1.09. The first-order valence-corrected chi connectivity index (χ1v) is 16.1. The fourth-order valence-electron chi connectivity index (χ4n) is 6.85. The molecule has 2 heteroatoms. The minimum absolute atomic E-state index is 1.09. The van der Waals surface area contributed by atoms with Crippen LogP contribution in [0, 0.1) is 0 Å². The SMILES string of the molecule is C=Cc1cc(N(c2ccc(-c3ccc(-n4c5ccccc5c5ccccc54)cc3)cc2)c2cccc3ccccc23)ccc1/C=C\C. The maximum absolute atomic E-state index is 4.11. The van der Waals surface area contributed by atoms with Crippen LogP contribution in [0.2, 0.25) is 0 Å². The number of benzene rings is 7. The molecule has 0 N–H and O–H groups in total. The van der Waals surface area contributed by atoms with Gasteiger partial charge in [-0.3, -0.25) is 0 Å². The molecule has 0 spiro atoms. The van der Waals surface area contributed by atoms with E-state index < -0.39 is 0 Å². The van der Waals surface area contributed by atoms with Gasteiger partial charge in [0, 0.05) is 33.2 Å². The number of fused-ring (bicyclic) bond motifs is 4. The summed E-state index contributed by atoms with van der Waals surface area (Å²) in [5.74, 6) is 0. The molecular weight excluding hydrogens is 569 g/mol. The summed E-state index contributed by atoms with van der Waals surface area (Å²) in [5, 5.41) is 4.97. The van der Waals surface area contributed by atoms with Crippen molar-refractivity contribution < 1.29 is 0 Å². The molecule has 0 saturated carbocycles. The van der Waals surface area contributed by atoms with E-state index in [1.165, 1.54) is 43.7 Å². The summed E-state index contributed by atoms with van der Waals surface area (Å²) in [5.41, 5.74) is 11.5. The van der Waals surface area contributed by atoms with Crippen LogP contribution in [0.4, 0.5) is 17.1 Å². The van der Waals surface area contributed by atoms with E-state index in [0.717, 1.165) is 33.9 Å². The van der Waals surface area contributed by atoms with Crippen molar-refractivity contribution in [3.8, 4) is 16.8 Å². The highest BCUT2D eigenvalue weighted by Gasteiger charge is 2.17. The molecule has 8 aromatic rings. The highest BCUT2D eigenvalue weighted by Crippen LogP contribution is 2.40. The molecule has 0 saturated heterocycles. The van der Waals surface area contributed by atoms with Crippen LogP contribution >= 0.6 is 0 Å². The third-order valence-corrected chi connectivity index (χ3v) is 9.07. The Kier molecular flexibility index (Phi) is 7.24. The predicted molar refractivity (Wildman–Crippen MR) is 203 cm³/mol. The van der Waals surface area contributed by atoms with Crippen molar-refractivity contribution in [2.75, 3.05) is 4.90 Å². The van der Waals surface area contributed by atoms with Crippen molar-refractivity contribution in [1.82, 2.24) is 4.57 Å². The summed E-state index contributed by atoms with van der Waals surface area (Å²) in [6.45, 7) is 6.16. The maximum atomic E-state index is 4.11. The highest BCUT2D eigenvalue weighted by atomic mass is 15.1. The Labute approximate surface area is 275 Å². The smallest absolute Gasteiger partial charge is 0.0541 e. The second-order valence-electron chi connectivity index (χ2n) is 11.8. The first-order chi connectivity index (χ1) is 23.2. The third kappa shape index (κ3) is 5.01. The van der Waals surface area contributed by atoms with Crippen LogP contribution in [-0.2, 0) is 0 Å². The Morgan fingerprint density at radius 1 is 0.532 bits per heavy atom. The lowest BCUT2D eigenvalue weighted by molar-refractivity contribution is 1.18. The number of nitrogens with zero attached hydrogens (tertiary/aromatic N) is 2. The van der Waals surface area contributed by atoms with Crippen molar-refractivity contribution in [3.05, 3.63) is 182 Å². The van der Waals surface area contributed by atoms with Gasteiger partial charge in [-0.1, -0.05) is 128 Å². The summed E-state index contributed by atoms with van der Waals surface area (Å²) in [6.07, 6.45) is 6.13. The molecule has 0 bridgehead atoms. The lowest BCUT2D eigenvalue weighted by Gasteiger charge is -2.27. The Morgan fingerprint density at radius 3 is 1.77 bits per heavy atom. The van der Waals surface area contributed by atoms with E-state index in [1.54, 1.807) is 0 Å². The van der Waals surface area contributed by atoms with Gasteiger partial charge in [-0.25, -0.2) is 0 Å². The van der Waals surface area contributed by atoms with Gasteiger partial charge >= 0.3 is 0 Å². The number of rotatable bonds is 7. The van der Waals surface area contributed by atoms with Crippen LogP contribution in [0.25, 0.3) is 61.5 Å². The van der Waals surface area contributed by atoms with E-state index in [1.807, 2.05) is 13.0 Å². The minimum Gasteiger partial charge on any atom is -0.310 e. The zero-order valence-corrected chi connectivity index (χ0v) is 26.3. The Morgan fingerprint density at radius 2 is 1.11 bits per heavy atom. The topological polar surface area (TPSA) is 8.17 Å². The van der Waals surface area contributed by atoms with Gasteiger partial charge in [0.1, 0.15) is 0 Å². The molecule has 47 heavy (non-hydrogen) atoms. The molecule has 0 aliphatic heterocycles.